The van der Waals surface area contributed by atoms with Crippen LogP contribution in [0.15, 0.2) is 12.2 Å². The molecule has 1 aromatic rings. The number of carbonyl (C=O) groups excluding carboxylic acids is 2. The van der Waals surface area contributed by atoms with Crippen molar-refractivity contribution in [3.8, 4) is 0 Å². The third kappa shape index (κ3) is 2.93. The number of hydrogen-bond donors (Lipinski definition) is 1. The molecule has 1 aliphatic rings. The fourth-order valence-electron chi connectivity index (χ4n) is 2.31. The van der Waals surface area contributed by atoms with Gasteiger partial charge in [-0.25, -0.2) is 4.79 Å². The quantitative estimate of drug-likeness (QED) is 0.686. The van der Waals surface area contributed by atoms with Gasteiger partial charge in [-0.1, -0.05) is 12.2 Å². The highest BCUT2D eigenvalue weighted by atomic mass is 32.1. The SMILES string of the molecule is COC(=O)c1c(NC(=O)[C@@H]2CC=CCC2)sc(C)c1C. The Morgan fingerprint density at radius 2 is 2.10 bits per heavy atom. The molecule has 0 aromatic carbocycles. The molecule has 0 saturated heterocycles. The Balaban J connectivity index is 2.20. The van der Waals surface area contributed by atoms with Crippen LogP contribution in [0.1, 0.15) is 40.1 Å². The summed E-state index contributed by atoms with van der Waals surface area (Å²) < 4.78 is 4.80. The molecule has 1 amide bonds. The molecule has 1 N–H and O–H groups in total. The van der Waals surface area contributed by atoms with Crippen LogP contribution in [0.4, 0.5) is 5.00 Å². The lowest BCUT2D eigenvalue weighted by Crippen LogP contribution is -2.24. The molecule has 0 fully saturated rings. The normalized spacial score (nSPS) is 17.9. The summed E-state index contributed by atoms with van der Waals surface area (Å²) >= 11 is 1.43. The molecule has 0 unspecified atom stereocenters. The van der Waals surface area contributed by atoms with E-state index in [1.807, 2.05) is 19.9 Å². The number of amides is 1. The Morgan fingerprint density at radius 1 is 1.35 bits per heavy atom. The molecule has 0 bridgehead atoms. The minimum absolute atomic E-state index is 0.00629. The molecule has 0 radical (unpaired) electrons. The zero-order valence-corrected chi connectivity index (χ0v) is 12.8. The highest BCUT2D eigenvalue weighted by Crippen LogP contribution is 2.33. The van der Waals surface area contributed by atoms with E-state index in [9.17, 15) is 9.59 Å². The molecule has 1 atom stereocenters. The Bertz CT molecular complexity index is 560. The van der Waals surface area contributed by atoms with Crippen molar-refractivity contribution in [2.24, 2.45) is 5.92 Å². The smallest absolute Gasteiger partial charge is 0.341 e. The average molecular weight is 293 g/mol. The van der Waals surface area contributed by atoms with E-state index in [2.05, 4.69) is 11.4 Å². The van der Waals surface area contributed by atoms with Crippen LogP contribution >= 0.6 is 11.3 Å². The Labute approximate surface area is 122 Å². The molecule has 4 nitrogen and oxygen atoms in total. The van der Waals surface area contributed by atoms with Crippen LogP contribution in [-0.4, -0.2) is 19.0 Å². The van der Waals surface area contributed by atoms with Crippen molar-refractivity contribution in [2.75, 3.05) is 12.4 Å². The summed E-state index contributed by atoms with van der Waals surface area (Å²) in [5, 5.41) is 3.51. The van der Waals surface area contributed by atoms with Crippen LogP contribution in [0.5, 0.6) is 0 Å². The van der Waals surface area contributed by atoms with Gasteiger partial charge in [-0.2, -0.15) is 0 Å². The van der Waals surface area contributed by atoms with Crippen molar-refractivity contribution < 1.29 is 14.3 Å². The van der Waals surface area contributed by atoms with Crippen LogP contribution in [0, 0.1) is 19.8 Å². The lowest BCUT2D eigenvalue weighted by molar-refractivity contribution is -0.120. The molecule has 20 heavy (non-hydrogen) atoms. The molecule has 0 spiro atoms. The van der Waals surface area contributed by atoms with Crippen LogP contribution in [-0.2, 0) is 9.53 Å². The first-order valence-electron chi connectivity index (χ1n) is 6.68. The second kappa shape index (κ2) is 6.22. The first-order valence-corrected chi connectivity index (χ1v) is 7.50. The van der Waals surface area contributed by atoms with Crippen LogP contribution in [0.3, 0.4) is 0 Å². The molecule has 2 rings (SSSR count). The van der Waals surface area contributed by atoms with E-state index < -0.39 is 5.97 Å². The molecular weight excluding hydrogens is 274 g/mol. The number of nitrogens with one attached hydrogen (secondary N) is 1. The molecule has 108 valence electrons. The number of esters is 1. The van der Waals surface area contributed by atoms with Crippen molar-refractivity contribution in [3.05, 3.63) is 28.2 Å². The fourth-order valence-corrected chi connectivity index (χ4v) is 3.36. The lowest BCUT2D eigenvalue weighted by atomic mass is 9.94. The van der Waals surface area contributed by atoms with E-state index in [-0.39, 0.29) is 11.8 Å². The Morgan fingerprint density at radius 3 is 2.70 bits per heavy atom. The van der Waals surface area contributed by atoms with Gasteiger partial charge < -0.3 is 10.1 Å². The van der Waals surface area contributed by atoms with E-state index in [0.717, 1.165) is 29.7 Å². The zero-order chi connectivity index (χ0) is 14.7. The summed E-state index contributed by atoms with van der Waals surface area (Å²) in [6, 6.07) is 0. The van der Waals surface area contributed by atoms with Gasteiger partial charge in [0.15, 0.2) is 0 Å². The first-order chi connectivity index (χ1) is 9.54. The standard InChI is InChI=1S/C15H19NO3S/c1-9-10(2)20-14(12(9)15(18)19-3)16-13(17)11-7-5-4-6-8-11/h4-5,11H,6-8H2,1-3H3,(H,16,17)/t11-/m1/s1. The van der Waals surface area contributed by atoms with Gasteiger partial charge >= 0.3 is 5.97 Å². The summed E-state index contributed by atoms with van der Waals surface area (Å²) in [5.41, 5.74) is 1.36. The number of aryl methyl sites for hydroxylation is 1. The minimum atomic E-state index is -0.398. The third-order valence-electron chi connectivity index (χ3n) is 3.65. The number of rotatable bonds is 3. The van der Waals surface area contributed by atoms with Crippen molar-refractivity contribution in [2.45, 2.75) is 33.1 Å². The maximum absolute atomic E-state index is 12.3. The first kappa shape index (κ1) is 14.8. The van der Waals surface area contributed by atoms with Crippen molar-refractivity contribution in [1.82, 2.24) is 0 Å². The van der Waals surface area contributed by atoms with Gasteiger partial charge in [-0.05, 0) is 38.7 Å². The maximum Gasteiger partial charge on any atom is 0.341 e. The van der Waals surface area contributed by atoms with Crippen LogP contribution in [0.25, 0.3) is 0 Å². The van der Waals surface area contributed by atoms with E-state index in [0.29, 0.717) is 10.6 Å². The predicted molar refractivity (Wildman–Crippen MR) is 80.2 cm³/mol. The summed E-state index contributed by atoms with van der Waals surface area (Å²) in [5.74, 6) is -0.417. The van der Waals surface area contributed by atoms with Gasteiger partial charge in [-0.3, -0.25) is 4.79 Å². The molecule has 1 aliphatic carbocycles. The summed E-state index contributed by atoms with van der Waals surface area (Å²) in [6.45, 7) is 3.81. The minimum Gasteiger partial charge on any atom is -0.465 e. The second-order valence-electron chi connectivity index (χ2n) is 4.95. The number of carbonyl (C=O) groups is 2. The molecule has 1 heterocycles. The van der Waals surface area contributed by atoms with Crippen molar-refractivity contribution in [3.63, 3.8) is 0 Å². The third-order valence-corrected chi connectivity index (χ3v) is 4.77. The molecule has 0 aliphatic heterocycles. The number of hydrogen-bond acceptors (Lipinski definition) is 4. The number of thiophene rings is 1. The monoisotopic (exact) mass is 293 g/mol. The van der Waals surface area contributed by atoms with Crippen LogP contribution < -0.4 is 5.32 Å². The second-order valence-corrected chi connectivity index (χ2v) is 6.17. The van der Waals surface area contributed by atoms with Crippen molar-refractivity contribution in [1.29, 1.82) is 0 Å². The van der Waals surface area contributed by atoms with Gasteiger partial charge in [-0.15, -0.1) is 11.3 Å². The topological polar surface area (TPSA) is 55.4 Å². The zero-order valence-electron chi connectivity index (χ0n) is 12.0. The van der Waals surface area contributed by atoms with Gasteiger partial charge in [0, 0.05) is 10.8 Å². The van der Waals surface area contributed by atoms with E-state index >= 15 is 0 Å². The fraction of sp³-hybridized carbons (Fsp3) is 0.467. The summed E-state index contributed by atoms with van der Waals surface area (Å²) in [7, 11) is 1.35. The van der Waals surface area contributed by atoms with Gasteiger partial charge in [0.25, 0.3) is 0 Å². The maximum atomic E-state index is 12.3. The van der Waals surface area contributed by atoms with Crippen molar-refractivity contribution >= 4 is 28.2 Å². The average Bonchev–Trinajstić information content (AvgIpc) is 2.74. The highest BCUT2D eigenvalue weighted by Gasteiger charge is 2.24. The van der Waals surface area contributed by atoms with Gasteiger partial charge in [0.2, 0.25) is 5.91 Å². The molecular formula is C15H19NO3S. The van der Waals surface area contributed by atoms with Gasteiger partial charge in [0.05, 0.1) is 12.7 Å². The largest absolute Gasteiger partial charge is 0.465 e. The molecule has 5 heteroatoms. The predicted octanol–water partition coefficient (Wildman–Crippen LogP) is 3.45. The van der Waals surface area contributed by atoms with E-state index in [4.69, 9.17) is 4.74 Å². The summed E-state index contributed by atoms with van der Waals surface area (Å²) in [4.78, 5) is 25.1. The number of methoxy groups -OCH3 is 1. The lowest BCUT2D eigenvalue weighted by Gasteiger charge is -2.17. The number of anilines is 1. The Kier molecular flexibility index (Phi) is 4.60. The van der Waals surface area contributed by atoms with E-state index in [1.54, 1.807) is 0 Å². The number of ether oxygens (including phenoxy) is 1. The molecule has 0 saturated carbocycles. The van der Waals surface area contributed by atoms with E-state index in [1.165, 1.54) is 18.4 Å². The highest BCUT2D eigenvalue weighted by molar-refractivity contribution is 7.16. The summed E-state index contributed by atoms with van der Waals surface area (Å²) in [6.07, 6.45) is 6.70. The van der Waals surface area contributed by atoms with Gasteiger partial charge in [0.1, 0.15) is 5.00 Å². The van der Waals surface area contributed by atoms with Crippen LogP contribution in [0.2, 0.25) is 0 Å². The molecule has 1 aromatic heterocycles. The number of allylic oxidation sites excluding steroid dienone is 2. The Hall–Kier alpha value is -1.62.